The Balaban J connectivity index is 2.07. The van der Waals surface area contributed by atoms with Gasteiger partial charge in [0.25, 0.3) is 0 Å². The van der Waals surface area contributed by atoms with Crippen LogP contribution in [0.2, 0.25) is 5.02 Å². The molecule has 2 amide bonds. The third-order valence-electron chi connectivity index (χ3n) is 3.38. The van der Waals surface area contributed by atoms with Crippen LogP contribution >= 0.6 is 23.4 Å². The number of nitrogens with zero attached hydrogens (tertiary/aromatic N) is 1. The van der Waals surface area contributed by atoms with Crippen molar-refractivity contribution < 1.29 is 9.90 Å². The highest BCUT2D eigenvalue weighted by Crippen LogP contribution is 2.33. The summed E-state index contributed by atoms with van der Waals surface area (Å²) in [4.78, 5) is 15.1. The highest BCUT2D eigenvalue weighted by Gasteiger charge is 2.26. The summed E-state index contributed by atoms with van der Waals surface area (Å²) in [5.74, 6) is 0.194. The first-order chi connectivity index (χ1) is 9.99. The van der Waals surface area contributed by atoms with Gasteiger partial charge in [-0.15, -0.1) is 11.8 Å². The van der Waals surface area contributed by atoms with E-state index in [2.05, 4.69) is 19.2 Å². The molecule has 116 valence electrons. The first-order valence-corrected chi connectivity index (χ1v) is 8.38. The van der Waals surface area contributed by atoms with Crippen LogP contribution in [0.1, 0.15) is 20.3 Å². The molecular weight excluding hydrogens is 308 g/mol. The van der Waals surface area contributed by atoms with Crippen LogP contribution in [0.3, 0.4) is 0 Å². The Morgan fingerprint density at radius 3 is 2.95 bits per heavy atom. The second-order valence-corrected chi connectivity index (χ2v) is 7.58. The number of hydrogen-bond donors (Lipinski definition) is 2. The molecule has 0 aliphatic carbocycles. The fourth-order valence-electron chi connectivity index (χ4n) is 2.32. The van der Waals surface area contributed by atoms with Crippen LogP contribution < -0.4 is 5.32 Å². The molecule has 1 atom stereocenters. The lowest BCUT2D eigenvalue weighted by molar-refractivity contribution is 0.208. The third-order valence-corrected chi connectivity index (χ3v) is 4.69. The fourth-order valence-corrected chi connectivity index (χ4v) is 3.38. The van der Waals surface area contributed by atoms with E-state index in [1.54, 1.807) is 22.7 Å². The summed E-state index contributed by atoms with van der Waals surface area (Å²) in [7, 11) is 0. The van der Waals surface area contributed by atoms with Gasteiger partial charge in [-0.3, -0.25) is 0 Å². The van der Waals surface area contributed by atoms with E-state index in [0.717, 1.165) is 17.0 Å². The molecule has 1 aliphatic heterocycles. The van der Waals surface area contributed by atoms with Gasteiger partial charge >= 0.3 is 6.03 Å². The Labute approximate surface area is 134 Å². The minimum absolute atomic E-state index is 0.126. The maximum Gasteiger partial charge on any atom is 0.321 e. The first kappa shape index (κ1) is 16.5. The van der Waals surface area contributed by atoms with Crippen LogP contribution in [0.15, 0.2) is 23.1 Å². The maximum atomic E-state index is 12.3. The van der Waals surface area contributed by atoms with Crippen molar-refractivity contribution in [1.29, 1.82) is 0 Å². The van der Waals surface area contributed by atoms with Gasteiger partial charge in [-0.05, 0) is 24.6 Å². The zero-order valence-corrected chi connectivity index (χ0v) is 13.9. The molecular formula is C15H21ClN2O2S. The highest BCUT2D eigenvalue weighted by atomic mass is 35.5. The SMILES string of the molecule is CC(C)Sc1ccc(Cl)cc1NC(=O)N1CCC(CO)C1. The largest absolute Gasteiger partial charge is 0.396 e. The molecule has 0 spiro atoms. The number of halogens is 1. The van der Waals surface area contributed by atoms with Crippen molar-refractivity contribution in [1.82, 2.24) is 4.90 Å². The van der Waals surface area contributed by atoms with E-state index in [-0.39, 0.29) is 18.6 Å². The highest BCUT2D eigenvalue weighted by molar-refractivity contribution is 8.00. The fraction of sp³-hybridized carbons (Fsp3) is 0.533. The Bertz CT molecular complexity index is 510. The number of thioether (sulfide) groups is 1. The number of carbonyl (C=O) groups is 1. The molecule has 1 unspecified atom stereocenters. The van der Waals surface area contributed by atoms with E-state index in [0.29, 0.717) is 23.4 Å². The molecule has 1 saturated heterocycles. The second-order valence-electron chi connectivity index (χ2n) is 5.52. The van der Waals surface area contributed by atoms with Gasteiger partial charge in [0.15, 0.2) is 0 Å². The van der Waals surface area contributed by atoms with E-state index in [1.807, 2.05) is 12.1 Å². The predicted octanol–water partition coefficient (Wildman–Crippen LogP) is 3.69. The number of urea groups is 1. The van der Waals surface area contributed by atoms with Crippen molar-refractivity contribution in [3.63, 3.8) is 0 Å². The summed E-state index contributed by atoms with van der Waals surface area (Å²) < 4.78 is 0. The van der Waals surface area contributed by atoms with E-state index >= 15 is 0 Å². The van der Waals surface area contributed by atoms with E-state index in [4.69, 9.17) is 16.7 Å². The van der Waals surface area contributed by atoms with Crippen molar-refractivity contribution in [2.45, 2.75) is 30.4 Å². The molecule has 1 fully saturated rings. The topological polar surface area (TPSA) is 52.6 Å². The molecule has 0 bridgehead atoms. The molecule has 0 aromatic heterocycles. The van der Waals surface area contributed by atoms with Gasteiger partial charge in [-0.25, -0.2) is 4.79 Å². The van der Waals surface area contributed by atoms with Crippen LogP contribution in [0, 0.1) is 5.92 Å². The molecule has 2 rings (SSSR count). The normalized spacial score (nSPS) is 18.3. The molecule has 4 nitrogen and oxygen atoms in total. The van der Waals surface area contributed by atoms with Crippen LogP contribution in [0.5, 0.6) is 0 Å². The molecule has 2 N–H and O–H groups in total. The summed E-state index contributed by atoms with van der Waals surface area (Å²) in [6, 6.07) is 5.42. The van der Waals surface area contributed by atoms with E-state index < -0.39 is 0 Å². The van der Waals surface area contributed by atoms with Crippen LogP contribution in [0.25, 0.3) is 0 Å². The van der Waals surface area contributed by atoms with Gasteiger partial charge < -0.3 is 15.3 Å². The standard InChI is InChI=1S/C15H21ClN2O2S/c1-10(2)21-14-4-3-12(16)7-13(14)17-15(20)18-6-5-11(8-18)9-19/h3-4,7,10-11,19H,5-6,8-9H2,1-2H3,(H,17,20). The Hall–Kier alpha value is -0.910. The minimum Gasteiger partial charge on any atom is -0.396 e. The molecule has 21 heavy (non-hydrogen) atoms. The van der Waals surface area contributed by atoms with Gasteiger partial charge in [0, 0.05) is 40.8 Å². The van der Waals surface area contributed by atoms with Crippen molar-refractivity contribution >= 4 is 35.1 Å². The summed E-state index contributed by atoms with van der Waals surface area (Å²) in [5, 5.41) is 13.1. The monoisotopic (exact) mass is 328 g/mol. The lowest BCUT2D eigenvalue weighted by atomic mass is 10.1. The summed E-state index contributed by atoms with van der Waals surface area (Å²) in [6.07, 6.45) is 0.854. The first-order valence-electron chi connectivity index (χ1n) is 7.12. The molecule has 0 radical (unpaired) electrons. The number of hydrogen-bond acceptors (Lipinski definition) is 3. The molecule has 1 aromatic carbocycles. The van der Waals surface area contributed by atoms with Gasteiger partial charge in [0.05, 0.1) is 5.69 Å². The summed E-state index contributed by atoms with van der Waals surface area (Å²) in [6.45, 7) is 5.64. The number of rotatable bonds is 4. The molecule has 1 aliphatic rings. The van der Waals surface area contributed by atoms with Crippen LogP contribution in [-0.4, -0.2) is 41.0 Å². The average Bonchev–Trinajstić information content (AvgIpc) is 2.90. The maximum absolute atomic E-state index is 12.3. The molecule has 0 saturated carbocycles. The number of likely N-dealkylation sites (tertiary alicyclic amines) is 1. The smallest absolute Gasteiger partial charge is 0.321 e. The number of aliphatic hydroxyl groups is 1. The molecule has 1 heterocycles. The number of carbonyl (C=O) groups excluding carboxylic acids is 1. The number of anilines is 1. The van der Waals surface area contributed by atoms with Gasteiger partial charge in [0.1, 0.15) is 0 Å². The number of amides is 2. The zero-order valence-electron chi connectivity index (χ0n) is 12.3. The van der Waals surface area contributed by atoms with Gasteiger partial charge in [-0.1, -0.05) is 25.4 Å². The van der Waals surface area contributed by atoms with Gasteiger partial charge in [0.2, 0.25) is 0 Å². The predicted molar refractivity (Wildman–Crippen MR) is 88.2 cm³/mol. The van der Waals surface area contributed by atoms with Crippen molar-refractivity contribution in [3.05, 3.63) is 23.2 Å². The molecule has 1 aromatic rings. The summed E-state index contributed by atoms with van der Waals surface area (Å²) >= 11 is 7.73. The lowest BCUT2D eigenvalue weighted by Crippen LogP contribution is -2.33. The van der Waals surface area contributed by atoms with Crippen molar-refractivity contribution in [3.8, 4) is 0 Å². The quantitative estimate of drug-likeness (QED) is 0.829. The van der Waals surface area contributed by atoms with Gasteiger partial charge in [-0.2, -0.15) is 0 Å². The Morgan fingerprint density at radius 1 is 1.57 bits per heavy atom. The summed E-state index contributed by atoms with van der Waals surface area (Å²) in [5.41, 5.74) is 0.749. The minimum atomic E-state index is -0.126. The number of aliphatic hydroxyl groups excluding tert-OH is 1. The zero-order chi connectivity index (χ0) is 15.4. The Kier molecular flexibility index (Phi) is 5.79. The number of nitrogens with one attached hydrogen (secondary N) is 1. The third kappa shape index (κ3) is 4.53. The Morgan fingerprint density at radius 2 is 2.33 bits per heavy atom. The van der Waals surface area contributed by atoms with Crippen molar-refractivity contribution in [2.75, 3.05) is 25.0 Å². The lowest BCUT2D eigenvalue weighted by Gasteiger charge is -2.19. The second kappa shape index (κ2) is 7.38. The molecule has 6 heteroatoms. The van der Waals surface area contributed by atoms with Crippen molar-refractivity contribution in [2.24, 2.45) is 5.92 Å². The van der Waals surface area contributed by atoms with E-state index in [1.165, 1.54) is 0 Å². The average molecular weight is 329 g/mol. The number of benzene rings is 1. The van der Waals surface area contributed by atoms with Crippen LogP contribution in [0.4, 0.5) is 10.5 Å². The van der Waals surface area contributed by atoms with Crippen LogP contribution in [-0.2, 0) is 0 Å². The van der Waals surface area contributed by atoms with E-state index in [9.17, 15) is 4.79 Å².